The molecule has 3 fully saturated rings. The molecule has 3 saturated carbocycles. The summed E-state index contributed by atoms with van der Waals surface area (Å²) < 4.78 is 0. The molecule has 0 N–H and O–H groups in total. The van der Waals surface area contributed by atoms with Gasteiger partial charge in [0.25, 0.3) is 0 Å². The largest absolute Gasteiger partial charge is 0.0654 e. The summed E-state index contributed by atoms with van der Waals surface area (Å²) in [6.07, 6.45) is 19.2. The molecule has 0 nitrogen and oxygen atoms in total. The quantitative estimate of drug-likeness (QED) is 0.381. The van der Waals surface area contributed by atoms with Crippen LogP contribution in [0.3, 0.4) is 0 Å². The fraction of sp³-hybridized carbons (Fsp3) is 1.00. The minimum atomic E-state index is 0.570. The van der Waals surface area contributed by atoms with Gasteiger partial charge in [0.1, 0.15) is 0 Å². The van der Waals surface area contributed by atoms with E-state index in [1.807, 2.05) is 0 Å². The van der Waals surface area contributed by atoms with Crippen molar-refractivity contribution < 1.29 is 0 Å². The van der Waals surface area contributed by atoms with Gasteiger partial charge in [0, 0.05) is 0 Å². The second-order valence-corrected chi connectivity index (χ2v) is 12.8. The molecule has 0 aromatic rings. The van der Waals surface area contributed by atoms with Crippen LogP contribution in [0.15, 0.2) is 0 Å². The summed E-state index contributed by atoms with van der Waals surface area (Å²) in [5.41, 5.74) is 1.79. The third-order valence-corrected chi connectivity index (χ3v) is 10.6. The summed E-state index contributed by atoms with van der Waals surface area (Å²) in [4.78, 5) is 0. The van der Waals surface area contributed by atoms with Gasteiger partial charge in [-0.05, 0) is 84.4 Å². The van der Waals surface area contributed by atoms with Crippen molar-refractivity contribution in [3.8, 4) is 0 Å². The normalized spacial score (nSPS) is 43.8. The third-order valence-electron chi connectivity index (χ3n) is 10.6. The van der Waals surface area contributed by atoms with E-state index in [0.717, 1.165) is 29.6 Å². The summed E-state index contributed by atoms with van der Waals surface area (Å²) >= 11 is 0. The topological polar surface area (TPSA) is 0 Å². The van der Waals surface area contributed by atoms with E-state index in [0.29, 0.717) is 16.2 Å². The van der Waals surface area contributed by atoms with Crippen LogP contribution in [-0.4, -0.2) is 0 Å². The van der Waals surface area contributed by atoms with Gasteiger partial charge in [0.05, 0.1) is 0 Å². The summed E-state index contributed by atoms with van der Waals surface area (Å²) in [6, 6.07) is 0. The fourth-order valence-electron chi connectivity index (χ4n) is 9.04. The van der Waals surface area contributed by atoms with Gasteiger partial charge >= 0.3 is 0 Å². The lowest BCUT2D eigenvalue weighted by Crippen LogP contribution is -2.59. The minimum absolute atomic E-state index is 0.570. The lowest BCUT2D eigenvalue weighted by molar-refractivity contribution is -0.174. The molecule has 28 heavy (non-hydrogen) atoms. The van der Waals surface area contributed by atoms with Gasteiger partial charge in [0.15, 0.2) is 0 Å². The van der Waals surface area contributed by atoms with Crippen LogP contribution in [0.4, 0.5) is 0 Å². The molecule has 3 aliphatic carbocycles. The first kappa shape index (κ1) is 22.7. The molecular formula is C28H52. The Morgan fingerprint density at radius 2 is 1.57 bits per heavy atom. The van der Waals surface area contributed by atoms with E-state index < -0.39 is 0 Å². The minimum Gasteiger partial charge on any atom is -0.0654 e. The van der Waals surface area contributed by atoms with Crippen molar-refractivity contribution in [2.45, 2.75) is 132 Å². The Kier molecular flexibility index (Phi) is 6.99. The number of hydrogen-bond acceptors (Lipinski definition) is 0. The van der Waals surface area contributed by atoms with Gasteiger partial charge in [-0.2, -0.15) is 0 Å². The highest BCUT2D eigenvalue weighted by Gasteiger charge is 2.61. The highest BCUT2D eigenvalue weighted by Crippen LogP contribution is 2.69. The molecule has 0 heteroatoms. The predicted octanol–water partition coefficient (Wildman–Crippen LogP) is 9.28. The number of rotatable bonds is 7. The first-order chi connectivity index (χ1) is 13.1. The highest BCUT2D eigenvalue weighted by molar-refractivity contribution is 5.10. The van der Waals surface area contributed by atoms with E-state index in [4.69, 9.17) is 0 Å². The van der Waals surface area contributed by atoms with Crippen LogP contribution < -0.4 is 0 Å². The van der Waals surface area contributed by atoms with E-state index in [1.54, 1.807) is 0 Å². The summed E-state index contributed by atoms with van der Waals surface area (Å²) in [6.45, 7) is 18.2. The lowest BCUT2D eigenvalue weighted by Gasteiger charge is -2.66. The van der Waals surface area contributed by atoms with E-state index >= 15 is 0 Å². The Balaban J connectivity index is 1.73. The smallest absolute Gasteiger partial charge is 0.0259 e. The van der Waals surface area contributed by atoms with Crippen molar-refractivity contribution in [1.82, 2.24) is 0 Å². The summed E-state index contributed by atoms with van der Waals surface area (Å²) in [7, 11) is 0. The Labute approximate surface area is 178 Å². The monoisotopic (exact) mass is 388 g/mol. The highest BCUT2D eigenvalue weighted by atomic mass is 14.7. The Hall–Kier alpha value is 0. The zero-order chi connectivity index (χ0) is 20.6. The van der Waals surface area contributed by atoms with Crippen LogP contribution in [-0.2, 0) is 0 Å². The van der Waals surface area contributed by atoms with E-state index in [-0.39, 0.29) is 0 Å². The molecule has 0 heterocycles. The average molecular weight is 389 g/mol. The molecule has 0 aliphatic heterocycles. The standard InChI is InChI=1S/C28H52/c1-8-9-10-12-21(2)13-15-23-22(3)14-16-25-27(23,6)20-17-24-26(4,5)18-11-19-28(24,25)7/h21-25H,8-20H2,1-7H3/t21?,22-,23-,24?,25?,27-,28-/m1/s1. The second-order valence-electron chi connectivity index (χ2n) is 12.8. The molecule has 0 aromatic carbocycles. The Morgan fingerprint density at radius 3 is 2.29 bits per heavy atom. The SMILES string of the molecule is CCCCCC(C)CC[C@@H]1[C@H](C)CCC2[C@]3(C)CCCC(C)(C)C3CC[C@@]21C. The molecule has 0 aromatic heterocycles. The lowest BCUT2D eigenvalue weighted by atomic mass is 9.38. The molecule has 0 spiro atoms. The van der Waals surface area contributed by atoms with Crippen molar-refractivity contribution in [2.75, 3.05) is 0 Å². The molecule has 0 radical (unpaired) electrons. The maximum absolute atomic E-state index is 2.75. The van der Waals surface area contributed by atoms with Crippen LogP contribution in [0.1, 0.15) is 132 Å². The van der Waals surface area contributed by atoms with E-state index in [9.17, 15) is 0 Å². The maximum Gasteiger partial charge on any atom is -0.0259 e. The first-order valence-electron chi connectivity index (χ1n) is 13.1. The number of fused-ring (bicyclic) bond motifs is 3. The zero-order valence-electron chi connectivity index (χ0n) is 20.6. The average Bonchev–Trinajstić information content (AvgIpc) is 2.60. The van der Waals surface area contributed by atoms with Crippen LogP contribution in [0, 0.1) is 45.8 Å². The Morgan fingerprint density at radius 1 is 0.821 bits per heavy atom. The van der Waals surface area contributed by atoms with Crippen molar-refractivity contribution >= 4 is 0 Å². The zero-order valence-corrected chi connectivity index (χ0v) is 20.6. The van der Waals surface area contributed by atoms with Gasteiger partial charge in [-0.1, -0.05) is 93.4 Å². The summed E-state index contributed by atoms with van der Waals surface area (Å²) in [5, 5.41) is 0. The molecule has 0 saturated heterocycles. The molecule has 0 amide bonds. The number of hydrogen-bond donors (Lipinski definition) is 0. The second kappa shape index (κ2) is 8.63. The molecule has 164 valence electrons. The van der Waals surface area contributed by atoms with Gasteiger partial charge in [-0.25, -0.2) is 0 Å². The van der Waals surface area contributed by atoms with Crippen LogP contribution in [0.25, 0.3) is 0 Å². The first-order valence-corrected chi connectivity index (χ1v) is 13.1. The van der Waals surface area contributed by atoms with Crippen molar-refractivity contribution in [3.05, 3.63) is 0 Å². The Bertz CT molecular complexity index is 504. The van der Waals surface area contributed by atoms with Crippen LogP contribution >= 0.6 is 0 Å². The summed E-state index contributed by atoms with van der Waals surface area (Å²) in [5.74, 6) is 4.80. The van der Waals surface area contributed by atoms with Gasteiger partial charge < -0.3 is 0 Å². The van der Waals surface area contributed by atoms with Gasteiger partial charge in [-0.3, -0.25) is 0 Å². The van der Waals surface area contributed by atoms with Crippen LogP contribution in [0.5, 0.6) is 0 Å². The molecule has 7 atom stereocenters. The maximum atomic E-state index is 2.75. The number of unbranched alkanes of at least 4 members (excludes halogenated alkanes) is 2. The van der Waals surface area contributed by atoms with Crippen molar-refractivity contribution in [1.29, 1.82) is 0 Å². The molecule has 3 rings (SSSR count). The molecule has 0 bridgehead atoms. The third kappa shape index (κ3) is 4.09. The predicted molar refractivity (Wildman–Crippen MR) is 124 cm³/mol. The van der Waals surface area contributed by atoms with Crippen molar-refractivity contribution in [2.24, 2.45) is 45.8 Å². The van der Waals surface area contributed by atoms with Gasteiger partial charge in [-0.15, -0.1) is 0 Å². The van der Waals surface area contributed by atoms with E-state index in [2.05, 4.69) is 48.5 Å². The fourth-order valence-corrected chi connectivity index (χ4v) is 9.04. The van der Waals surface area contributed by atoms with Gasteiger partial charge in [0.2, 0.25) is 0 Å². The molecule has 3 aliphatic rings. The van der Waals surface area contributed by atoms with E-state index in [1.165, 1.54) is 83.5 Å². The molecule has 3 unspecified atom stereocenters. The molecular weight excluding hydrogens is 336 g/mol. The van der Waals surface area contributed by atoms with Crippen LogP contribution in [0.2, 0.25) is 0 Å². The van der Waals surface area contributed by atoms with Crippen molar-refractivity contribution in [3.63, 3.8) is 0 Å².